The van der Waals surface area contributed by atoms with Crippen LogP contribution >= 0.6 is 0 Å². The molecule has 0 aromatic heterocycles. The van der Waals surface area contributed by atoms with E-state index in [0.29, 0.717) is 22.9 Å². The Hall–Kier alpha value is -3.55. The molecular weight excluding hydrogens is 424 g/mol. The molecule has 0 spiro atoms. The molecule has 8 nitrogen and oxygen atoms in total. The molecule has 1 aliphatic carbocycles. The maximum absolute atomic E-state index is 12.6. The third kappa shape index (κ3) is 6.25. The number of phenols is 1. The maximum atomic E-state index is 12.6. The van der Waals surface area contributed by atoms with Crippen molar-refractivity contribution in [2.75, 3.05) is 17.2 Å². The summed E-state index contributed by atoms with van der Waals surface area (Å²) < 4.78 is 10.7. The molecule has 2 aromatic carbocycles. The van der Waals surface area contributed by atoms with Crippen LogP contribution in [0.2, 0.25) is 0 Å². The van der Waals surface area contributed by atoms with Gasteiger partial charge in [0.15, 0.2) is 0 Å². The van der Waals surface area contributed by atoms with Crippen LogP contribution in [0.5, 0.6) is 17.2 Å². The number of amides is 2. The predicted molar refractivity (Wildman–Crippen MR) is 125 cm³/mol. The zero-order valence-electron chi connectivity index (χ0n) is 19.2. The molecule has 2 aromatic rings. The number of hydrogen-bond acceptors (Lipinski definition) is 6. The predicted octanol–water partition coefficient (Wildman–Crippen LogP) is 4.82. The number of phenolic OH excluding ortho intramolecular Hbond substituents is 1. The number of carbonyl (C=O) groups is 3. The largest absolute Gasteiger partial charge is 0.506 e. The molecule has 3 rings (SSSR count). The van der Waals surface area contributed by atoms with Crippen LogP contribution in [0, 0.1) is 19.8 Å². The summed E-state index contributed by atoms with van der Waals surface area (Å²) in [4.78, 5) is 36.0. The van der Waals surface area contributed by atoms with Gasteiger partial charge in [0.25, 0.3) is 0 Å². The highest BCUT2D eigenvalue weighted by atomic mass is 16.5. The summed E-state index contributed by atoms with van der Waals surface area (Å²) in [6.07, 6.45) is 4.97. The Bertz CT molecular complexity index is 1020. The van der Waals surface area contributed by atoms with E-state index in [4.69, 9.17) is 9.47 Å². The van der Waals surface area contributed by atoms with Crippen LogP contribution in [0.4, 0.5) is 11.4 Å². The zero-order chi connectivity index (χ0) is 24.0. The monoisotopic (exact) mass is 454 g/mol. The van der Waals surface area contributed by atoms with Crippen molar-refractivity contribution in [1.82, 2.24) is 0 Å². The molecule has 3 N–H and O–H groups in total. The van der Waals surface area contributed by atoms with Crippen molar-refractivity contribution in [2.45, 2.75) is 52.9 Å². The van der Waals surface area contributed by atoms with Crippen molar-refractivity contribution in [3.8, 4) is 17.2 Å². The van der Waals surface area contributed by atoms with Crippen molar-refractivity contribution in [3.05, 3.63) is 41.5 Å². The minimum absolute atomic E-state index is 0.0306. The van der Waals surface area contributed by atoms with Crippen LogP contribution in [0.15, 0.2) is 30.3 Å². The van der Waals surface area contributed by atoms with Crippen molar-refractivity contribution >= 4 is 29.2 Å². The minimum Gasteiger partial charge on any atom is -0.506 e. The first-order valence-corrected chi connectivity index (χ1v) is 11.2. The lowest BCUT2D eigenvalue weighted by Crippen LogP contribution is -2.25. The summed E-state index contributed by atoms with van der Waals surface area (Å²) in [5, 5.41) is 15.6. The van der Waals surface area contributed by atoms with E-state index in [-0.39, 0.29) is 24.2 Å². The summed E-state index contributed by atoms with van der Waals surface area (Å²) >= 11 is 0. The number of aryl methyl sites for hydroxylation is 2. The van der Waals surface area contributed by atoms with Gasteiger partial charge in [-0.3, -0.25) is 9.59 Å². The number of esters is 1. The number of rotatable bonds is 6. The standard InChI is InChI=1S/C25H30N2O6/c1-4-32-25(31)24(30)26-18-12-15(2)22(16(3)13-18)33-19-10-11-21(28)20(14-19)27-23(29)17-8-6-5-7-9-17/h10-14,17,28H,4-9H2,1-3H3,(H,26,30)(H,27,29). The molecule has 0 atom stereocenters. The highest BCUT2D eigenvalue weighted by Gasteiger charge is 2.22. The molecule has 0 bridgehead atoms. The first-order valence-electron chi connectivity index (χ1n) is 11.2. The molecule has 8 heteroatoms. The van der Waals surface area contributed by atoms with Crippen molar-refractivity contribution < 1.29 is 29.0 Å². The second kappa shape index (κ2) is 10.8. The molecule has 176 valence electrons. The fraction of sp³-hybridized carbons (Fsp3) is 0.400. The van der Waals surface area contributed by atoms with Crippen LogP contribution in [0.3, 0.4) is 0 Å². The topological polar surface area (TPSA) is 114 Å². The molecular formula is C25H30N2O6. The van der Waals surface area contributed by atoms with E-state index in [0.717, 1.165) is 43.2 Å². The van der Waals surface area contributed by atoms with Gasteiger partial charge < -0.3 is 25.2 Å². The SMILES string of the molecule is CCOC(=O)C(=O)Nc1cc(C)c(Oc2ccc(O)c(NC(=O)C3CCCCC3)c2)c(C)c1. The molecule has 0 aliphatic heterocycles. The van der Waals surface area contributed by atoms with E-state index in [1.807, 2.05) is 13.8 Å². The Balaban J connectivity index is 1.73. The van der Waals surface area contributed by atoms with Crippen LogP contribution in [-0.4, -0.2) is 29.5 Å². The number of carbonyl (C=O) groups excluding carboxylic acids is 3. The van der Waals surface area contributed by atoms with Crippen molar-refractivity contribution in [1.29, 1.82) is 0 Å². The summed E-state index contributed by atoms with van der Waals surface area (Å²) in [6, 6.07) is 8.05. The van der Waals surface area contributed by atoms with Crippen LogP contribution < -0.4 is 15.4 Å². The number of nitrogens with one attached hydrogen (secondary N) is 2. The number of aromatic hydroxyl groups is 1. The lowest BCUT2D eigenvalue weighted by molar-refractivity contribution is -0.152. The summed E-state index contributed by atoms with van der Waals surface area (Å²) in [5.41, 5.74) is 2.21. The zero-order valence-corrected chi connectivity index (χ0v) is 19.2. The summed E-state index contributed by atoms with van der Waals surface area (Å²) in [7, 11) is 0. The van der Waals surface area contributed by atoms with Gasteiger partial charge in [-0.1, -0.05) is 19.3 Å². The number of ether oxygens (including phenoxy) is 2. The molecule has 0 unspecified atom stereocenters. The third-order valence-corrected chi connectivity index (χ3v) is 5.60. The summed E-state index contributed by atoms with van der Waals surface area (Å²) in [6.45, 7) is 5.37. The molecule has 0 saturated heterocycles. The Morgan fingerprint density at radius 2 is 1.67 bits per heavy atom. The molecule has 0 radical (unpaired) electrons. The second-order valence-electron chi connectivity index (χ2n) is 8.22. The van der Waals surface area contributed by atoms with E-state index in [1.165, 1.54) is 6.07 Å². The number of benzene rings is 2. The smallest absolute Gasteiger partial charge is 0.397 e. The molecule has 0 heterocycles. The molecule has 1 aliphatic rings. The molecule has 2 amide bonds. The lowest BCUT2D eigenvalue weighted by Gasteiger charge is -2.21. The fourth-order valence-electron chi connectivity index (χ4n) is 3.96. The first-order chi connectivity index (χ1) is 15.8. The van der Waals surface area contributed by atoms with E-state index >= 15 is 0 Å². The van der Waals surface area contributed by atoms with Gasteiger partial charge in [0.05, 0.1) is 12.3 Å². The Kier molecular flexibility index (Phi) is 7.92. The van der Waals surface area contributed by atoms with Gasteiger partial charge in [-0.05, 0) is 69.0 Å². The van der Waals surface area contributed by atoms with Gasteiger partial charge >= 0.3 is 11.9 Å². The highest BCUT2D eigenvalue weighted by molar-refractivity contribution is 6.37. The maximum Gasteiger partial charge on any atom is 0.397 e. The highest BCUT2D eigenvalue weighted by Crippen LogP contribution is 2.35. The van der Waals surface area contributed by atoms with Crippen LogP contribution in [-0.2, 0) is 19.1 Å². The van der Waals surface area contributed by atoms with E-state index in [9.17, 15) is 19.5 Å². The van der Waals surface area contributed by atoms with Gasteiger partial charge in [-0.2, -0.15) is 0 Å². The van der Waals surface area contributed by atoms with Gasteiger partial charge in [0, 0.05) is 17.7 Å². The molecule has 1 fully saturated rings. The van der Waals surface area contributed by atoms with E-state index < -0.39 is 11.9 Å². The van der Waals surface area contributed by atoms with Crippen molar-refractivity contribution in [3.63, 3.8) is 0 Å². The first kappa shape index (κ1) is 24.1. The third-order valence-electron chi connectivity index (χ3n) is 5.60. The average Bonchev–Trinajstić information content (AvgIpc) is 2.79. The Labute approximate surface area is 193 Å². The second-order valence-corrected chi connectivity index (χ2v) is 8.22. The van der Waals surface area contributed by atoms with Gasteiger partial charge in [0.2, 0.25) is 5.91 Å². The number of anilines is 2. The number of hydrogen-bond donors (Lipinski definition) is 3. The van der Waals surface area contributed by atoms with E-state index in [2.05, 4.69) is 10.6 Å². The Morgan fingerprint density at radius 3 is 2.30 bits per heavy atom. The van der Waals surface area contributed by atoms with Crippen molar-refractivity contribution in [2.24, 2.45) is 5.92 Å². The van der Waals surface area contributed by atoms with Crippen LogP contribution in [0.25, 0.3) is 0 Å². The summed E-state index contributed by atoms with van der Waals surface area (Å²) in [5.74, 6) is -0.931. The van der Waals surface area contributed by atoms with Gasteiger partial charge in [-0.25, -0.2) is 4.79 Å². The van der Waals surface area contributed by atoms with Gasteiger partial charge in [-0.15, -0.1) is 0 Å². The minimum atomic E-state index is -0.944. The molecule has 33 heavy (non-hydrogen) atoms. The van der Waals surface area contributed by atoms with Gasteiger partial charge in [0.1, 0.15) is 17.2 Å². The Morgan fingerprint density at radius 1 is 1.00 bits per heavy atom. The van der Waals surface area contributed by atoms with E-state index in [1.54, 1.807) is 31.2 Å². The average molecular weight is 455 g/mol. The van der Waals surface area contributed by atoms with Crippen LogP contribution in [0.1, 0.15) is 50.2 Å². The fourth-order valence-corrected chi connectivity index (χ4v) is 3.96. The normalized spacial score (nSPS) is 13.8. The quantitative estimate of drug-likeness (QED) is 0.328. The lowest BCUT2D eigenvalue weighted by atomic mass is 9.88. The molecule has 1 saturated carbocycles.